The molecule has 0 amide bonds. The normalized spacial score (nSPS) is 21.6. The van der Waals surface area contributed by atoms with Gasteiger partial charge in [-0.25, -0.2) is 0 Å². The fourth-order valence-corrected chi connectivity index (χ4v) is 2.35. The second-order valence-corrected chi connectivity index (χ2v) is 4.72. The zero-order valence-electron chi connectivity index (χ0n) is 10.3. The maximum Gasteiger partial charge on any atom is 0.307 e. The Morgan fingerprint density at radius 3 is 2.94 bits per heavy atom. The molecule has 1 aromatic rings. The molecule has 0 bridgehead atoms. The predicted octanol–water partition coefficient (Wildman–Crippen LogP) is 1.59. The number of likely N-dealkylation sites (tertiary alicyclic amines) is 1. The van der Waals surface area contributed by atoms with Crippen molar-refractivity contribution in [2.75, 3.05) is 13.1 Å². The Morgan fingerprint density at radius 2 is 2.35 bits per heavy atom. The number of aryl methyl sites for hydroxylation is 2. The van der Waals surface area contributed by atoms with Gasteiger partial charge < -0.3 is 9.63 Å². The summed E-state index contributed by atoms with van der Waals surface area (Å²) < 4.78 is 5.12. The summed E-state index contributed by atoms with van der Waals surface area (Å²) in [5, 5.41) is 13.0. The molecule has 0 saturated carbocycles. The van der Waals surface area contributed by atoms with Gasteiger partial charge in [0.25, 0.3) is 0 Å². The average Bonchev–Trinajstić information content (AvgIpc) is 2.61. The number of carboxylic acid groups (broad SMARTS) is 1. The number of carboxylic acids is 1. The molecule has 5 heteroatoms. The second-order valence-electron chi connectivity index (χ2n) is 4.72. The first kappa shape index (κ1) is 12.1. The van der Waals surface area contributed by atoms with Crippen molar-refractivity contribution in [2.24, 2.45) is 5.92 Å². The van der Waals surface area contributed by atoms with Gasteiger partial charge in [0.05, 0.1) is 11.6 Å². The van der Waals surface area contributed by atoms with Crippen LogP contribution in [0.15, 0.2) is 4.52 Å². The highest BCUT2D eigenvalue weighted by Crippen LogP contribution is 2.21. The maximum absolute atomic E-state index is 11.0. The molecule has 1 aliphatic heterocycles. The molecule has 5 nitrogen and oxygen atoms in total. The molecule has 0 aromatic carbocycles. The van der Waals surface area contributed by atoms with Crippen LogP contribution in [-0.2, 0) is 11.3 Å². The number of rotatable bonds is 3. The van der Waals surface area contributed by atoms with E-state index in [4.69, 9.17) is 9.63 Å². The minimum absolute atomic E-state index is 0.232. The molecule has 1 aromatic heterocycles. The number of aliphatic carboxylic acids is 1. The first-order valence-electron chi connectivity index (χ1n) is 5.95. The Hall–Kier alpha value is -1.36. The lowest BCUT2D eigenvalue weighted by Crippen LogP contribution is -2.38. The Kier molecular flexibility index (Phi) is 3.47. The fraction of sp³-hybridized carbons (Fsp3) is 0.667. The lowest BCUT2D eigenvalue weighted by molar-refractivity contribution is -0.143. The number of aromatic nitrogens is 1. The first-order valence-corrected chi connectivity index (χ1v) is 5.95. The summed E-state index contributed by atoms with van der Waals surface area (Å²) in [6, 6.07) is 0. The van der Waals surface area contributed by atoms with Crippen LogP contribution in [0.4, 0.5) is 0 Å². The maximum atomic E-state index is 11.0. The largest absolute Gasteiger partial charge is 0.481 e. The van der Waals surface area contributed by atoms with E-state index >= 15 is 0 Å². The summed E-state index contributed by atoms with van der Waals surface area (Å²) >= 11 is 0. The van der Waals surface area contributed by atoms with Gasteiger partial charge in [0.1, 0.15) is 5.76 Å². The second kappa shape index (κ2) is 4.87. The highest BCUT2D eigenvalue weighted by atomic mass is 16.5. The highest BCUT2D eigenvalue weighted by Gasteiger charge is 2.26. The molecule has 1 fully saturated rings. The molecule has 1 saturated heterocycles. The van der Waals surface area contributed by atoms with Crippen molar-refractivity contribution < 1.29 is 14.4 Å². The molecule has 0 radical (unpaired) electrons. The Morgan fingerprint density at radius 1 is 1.59 bits per heavy atom. The van der Waals surface area contributed by atoms with Gasteiger partial charge >= 0.3 is 5.97 Å². The van der Waals surface area contributed by atoms with E-state index in [0.717, 1.165) is 42.9 Å². The first-order chi connectivity index (χ1) is 8.08. The minimum Gasteiger partial charge on any atom is -0.481 e. The number of carbonyl (C=O) groups is 1. The summed E-state index contributed by atoms with van der Waals surface area (Å²) in [6.07, 6.45) is 1.73. The SMILES string of the molecule is Cc1noc(C)c1CN1CCC[C@@H](C(=O)O)C1. The topological polar surface area (TPSA) is 66.6 Å². The molecule has 17 heavy (non-hydrogen) atoms. The van der Waals surface area contributed by atoms with Crippen LogP contribution >= 0.6 is 0 Å². The van der Waals surface area contributed by atoms with Gasteiger partial charge in [-0.2, -0.15) is 0 Å². The van der Waals surface area contributed by atoms with Crippen LogP contribution in [0.5, 0.6) is 0 Å². The molecule has 1 atom stereocenters. The third-order valence-electron chi connectivity index (χ3n) is 3.42. The van der Waals surface area contributed by atoms with Gasteiger partial charge in [-0.3, -0.25) is 9.69 Å². The van der Waals surface area contributed by atoms with E-state index in [0.29, 0.717) is 6.54 Å². The van der Waals surface area contributed by atoms with Gasteiger partial charge in [0.15, 0.2) is 0 Å². The molecule has 2 rings (SSSR count). The predicted molar refractivity (Wildman–Crippen MR) is 61.6 cm³/mol. The monoisotopic (exact) mass is 238 g/mol. The average molecular weight is 238 g/mol. The Labute approximate surface area is 100 Å². The molecule has 94 valence electrons. The van der Waals surface area contributed by atoms with E-state index in [1.807, 2.05) is 13.8 Å². The van der Waals surface area contributed by atoms with Gasteiger partial charge in [0.2, 0.25) is 0 Å². The molecule has 1 N–H and O–H groups in total. The Balaban J connectivity index is 2.02. The fourth-order valence-electron chi connectivity index (χ4n) is 2.35. The van der Waals surface area contributed by atoms with Crippen LogP contribution in [0, 0.1) is 19.8 Å². The third kappa shape index (κ3) is 2.66. The molecule has 0 spiro atoms. The third-order valence-corrected chi connectivity index (χ3v) is 3.42. The zero-order chi connectivity index (χ0) is 12.4. The van der Waals surface area contributed by atoms with E-state index in [-0.39, 0.29) is 5.92 Å². The van der Waals surface area contributed by atoms with Crippen LogP contribution in [-0.4, -0.2) is 34.2 Å². The van der Waals surface area contributed by atoms with E-state index in [1.165, 1.54) is 0 Å². The number of piperidine rings is 1. The summed E-state index contributed by atoms with van der Waals surface area (Å²) in [7, 11) is 0. The summed E-state index contributed by atoms with van der Waals surface area (Å²) in [5.74, 6) is -0.0855. The molecular weight excluding hydrogens is 220 g/mol. The minimum atomic E-state index is -0.687. The van der Waals surface area contributed by atoms with Crippen molar-refractivity contribution in [3.8, 4) is 0 Å². The van der Waals surface area contributed by atoms with Crippen molar-refractivity contribution >= 4 is 5.97 Å². The van der Waals surface area contributed by atoms with E-state index in [1.54, 1.807) is 0 Å². The van der Waals surface area contributed by atoms with Gasteiger partial charge in [0, 0.05) is 18.7 Å². The smallest absolute Gasteiger partial charge is 0.307 e. The quantitative estimate of drug-likeness (QED) is 0.866. The van der Waals surface area contributed by atoms with E-state index < -0.39 is 5.97 Å². The highest BCUT2D eigenvalue weighted by molar-refractivity contribution is 5.70. The van der Waals surface area contributed by atoms with Crippen LogP contribution in [0.25, 0.3) is 0 Å². The lowest BCUT2D eigenvalue weighted by atomic mass is 9.98. The lowest BCUT2D eigenvalue weighted by Gasteiger charge is -2.30. The van der Waals surface area contributed by atoms with Crippen LogP contribution < -0.4 is 0 Å². The Bertz CT molecular complexity index is 394. The summed E-state index contributed by atoms with van der Waals surface area (Å²) in [6.45, 7) is 6.14. The summed E-state index contributed by atoms with van der Waals surface area (Å²) in [4.78, 5) is 13.2. The molecule has 1 aliphatic rings. The van der Waals surface area contributed by atoms with Gasteiger partial charge in [-0.15, -0.1) is 0 Å². The summed E-state index contributed by atoms with van der Waals surface area (Å²) in [5.41, 5.74) is 2.00. The number of hydrogen-bond donors (Lipinski definition) is 1. The van der Waals surface area contributed by atoms with Crippen molar-refractivity contribution in [1.82, 2.24) is 10.1 Å². The van der Waals surface area contributed by atoms with Crippen molar-refractivity contribution in [1.29, 1.82) is 0 Å². The molecule has 0 aliphatic carbocycles. The molecular formula is C12H18N2O3. The molecule has 2 heterocycles. The number of nitrogens with zero attached hydrogens (tertiary/aromatic N) is 2. The van der Waals surface area contributed by atoms with E-state index in [2.05, 4.69) is 10.1 Å². The molecule has 0 unspecified atom stereocenters. The number of hydrogen-bond acceptors (Lipinski definition) is 4. The van der Waals surface area contributed by atoms with Gasteiger partial charge in [-0.05, 0) is 33.2 Å². The zero-order valence-corrected chi connectivity index (χ0v) is 10.3. The van der Waals surface area contributed by atoms with E-state index in [9.17, 15) is 4.79 Å². The van der Waals surface area contributed by atoms with Crippen molar-refractivity contribution in [3.05, 3.63) is 17.0 Å². The van der Waals surface area contributed by atoms with Crippen LogP contribution in [0.3, 0.4) is 0 Å². The van der Waals surface area contributed by atoms with Crippen LogP contribution in [0.2, 0.25) is 0 Å². The van der Waals surface area contributed by atoms with Crippen LogP contribution in [0.1, 0.15) is 29.9 Å². The van der Waals surface area contributed by atoms with Crippen molar-refractivity contribution in [3.63, 3.8) is 0 Å². The van der Waals surface area contributed by atoms with Gasteiger partial charge in [-0.1, -0.05) is 5.16 Å². The standard InChI is InChI=1S/C12H18N2O3/c1-8-11(9(2)17-13-8)7-14-5-3-4-10(6-14)12(15)16/h10H,3-7H2,1-2H3,(H,15,16)/t10-/m1/s1. The van der Waals surface area contributed by atoms with Crippen molar-refractivity contribution in [2.45, 2.75) is 33.2 Å².